The summed E-state index contributed by atoms with van der Waals surface area (Å²) in [5.74, 6) is -0.268. The summed E-state index contributed by atoms with van der Waals surface area (Å²) in [4.78, 5) is 3.71. The first-order valence-corrected chi connectivity index (χ1v) is 5.03. The predicted molar refractivity (Wildman–Crippen MR) is 54.6 cm³/mol. The summed E-state index contributed by atoms with van der Waals surface area (Å²) in [6, 6.07) is 1.68. The van der Waals surface area contributed by atoms with Crippen molar-refractivity contribution in [3.8, 4) is 0 Å². The lowest BCUT2D eigenvalue weighted by molar-refractivity contribution is 0.180. The lowest BCUT2D eigenvalue weighted by Gasteiger charge is -2.38. The van der Waals surface area contributed by atoms with Crippen LogP contribution in [0.2, 0.25) is 0 Å². The molecule has 0 amide bonds. The molecule has 0 spiro atoms. The van der Waals surface area contributed by atoms with Gasteiger partial charge in [-0.2, -0.15) is 0 Å². The number of aromatic nitrogens is 1. The maximum atomic E-state index is 13.2. The molecular weight excluding hydrogens is 179 g/mol. The van der Waals surface area contributed by atoms with Gasteiger partial charge in [0, 0.05) is 12.7 Å². The van der Waals surface area contributed by atoms with E-state index >= 15 is 0 Å². The van der Waals surface area contributed by atoms with E-state index in [0.717, 1.165) is 6.54 Å². The summed E-state index contributed by atoms with van der Waals surface area (Å²) in [5, 5.41) is 3.14. The lowest BCUT2D eigenvalue weighted by atomic mass is 9.70. The highest BCUT2D eigenvalue weighted by molar-refractivity contribution is 5.42. The second kappa shape index (κ2) is 3.56. The van der Waals surface area contributed by atoms with Crippen LogP contribution in [0, 0.1) is 11.2 Å². The molecule has 1 fully saturated rings. The molecule has 0 unspecified atom stereocenters. The highest BCUT2D eigenvalue weighted by atomic mass is 19.1. The van der Waals surface area contributed by atoms with E-state index in [1.807, 2.05) is 0 Å². The molecule has 1 heterocycles. The predicted octanol–water partition coefficient (Wildman–Crippen LogP) is 2.82. The van der Waals surface area contributed by atoms with E-state index < -0.39 is 0 Å². The van der Waals surface area contributed by atoms with Crippen molar-refractivity contribution >= 4 is 5.69 Å². The van der Waals surface area contributed by atoms with E-state index in [4.69, 9.17) is 0 Å². The van der Waals surface area contributed by atoms with Gasteiger partial charge in [-0.15, -0.1) is 0 Å². The number of halogens is 1. The Balaban J connectivity index is 1.95. The first kappa shape index (κ1) is 9.44. The normalized spacial score (nSPS) is 18.7. The Kier molecular flexibility index (Phi) is 2.40. The Morgan fingerprint density at radius 3 is 2.93 bits per heavy atom. The molecule has 1 aliphatic rings. The minimum Gasteiger partial charge on any atom is -0.382 e. The monoisotopic (exact) mass is 194 g/mol. The molecular formula is C11H15FN2. The van der Waals surface area contributed by atoms with E-state index in [2.05, 4.69) is 17.2 Å². The molecule has 3 heteroatoms. The van der Waals surface area contributed by atoms with Crippen LogP contribution in [0.1, 0.15) is 26.2 Å². The number of rotatable bonds is 3. The fraction of sp³-hybridized carbons (Fsp3) is 0.545. The standard InChI is InChI=1S/C11H15FN2/c1-11(4-2-5-11)8-14-10-3-6-13-7-9(10)12/h3,6-7H,2,4-5,8H2,1H3,(H,13,14). The maximum absolute atomic E-state index is 13.2. The van der Waals surface area contributed by atoms with Crippen molar-refractivity contribution in [3.63, 3.8) is 0 Å². The van der Waals surface area contributed by atoms with Gasteiger partial charge in [0.1, 0.15) is 0 Å². The molecule has 1 aliphatic carbocycles. The van der Waals surface area contributed by atoms with Crippen LogP contribution in [-0.2, 0) is 0 Å². The zero-order chi connectivity index (χ0) is 10.0. The molecule has 1 aromatic heterocycles. The third-order valence-electron chi connectivity index (χ3n) is 3.04. The molecule has 0 aliphatic heterocycles. The maximum Gasteiger partial charge on any atom is 0.164 e. The highest BCUT2D eigenvalue weighted by Gasteiger charge is 2.31. The SMILES string of the molecule is CC1(CNc2ccncc2F)CCC1. The Bertz CT molecular complexity index is 321. The molecule has 1 aromatic rings. The van der Waals surface area contributed by atoms with Crippen LogP contribution in [0.4, 0.5) is 10.1 Å². The summed E-state index contributed by atoms with van der Waals surface area (Å²) in [6.07, 6.45) is 6.64. The summed E-state index contributed by atoms with van der Waals surface area (Å²) < 4.78 is 13.2. The number of anilines is 1. The number of nitrogens with one attached hydrogen (secondary N) is 1. The number of hydrogen-bond donors (Lipinski definition) is 1. The average molecular weight is 194 g/mol. The minimum absolute atomic E-state index is 0.268. The van der Waals surface area contributed by atoms with Crippen molar-refractivity contribution in [1.29, 1.82) is 0 Å². The van der Waals surface area contributed by atoms with Crippen LogP contribution in [0.5, 0.6) is 0 Å². The Labute approximate surface area is 83.6 Å². The van der Waals surface area contributed by atoms with Crippen LogP contribution in [-0.4, -0.2) is 11.5 Å². The molecule has 0 bridgehead atoms. The molecule has 0 atom stereocenters. The van der Waals surface area contributed by atoms with Gasteiger partial charge in [-0.05, 0) is 24.3 Å². The highest BCUT2D eigenvalue weighted by Crippen LogP contribution is 2.40. The number of pyridine rings is 1. The quantitative estimate of drug-likeness (QED) is 0.800. The Morgan fingerprint density at radius 2 is 2.36 bits per heavy atom. The lowest BCUT2D eigenvalue weighted by Crippen LogP contribution is -2.33. The van der Waals surface area contributed by atoms with E-state index in [9.17, 15) is 4.39 Å². The van der Waals surface area contributed by atoms with Gasteiger partial charge >= 0.3 is 0 Å². The molecule has 1 N–H and O–H groups in total. The van der Waals surface area contributed by atoms with Gasteiger partial charge in [-0.1, -0.05) is 13.3 Å². The largest absolute Gasteiger partial charge is 0.382 e. The van der Waals surface area contributed by atoms with Gasteiger partial charge in [0.2, 0.25) is 0 Å². The number of nitrogens with zero attached hydrogens (tertiary/aromatic N) is 1. The molecule has 0 radical (unpaired) electrons. The van der Waals surface area contributed by atoms with E-state index in [1.54, 1.807) is 12.3 Å². The second-order valence-electron chi connectivity index (χ2n) is 4.37. The summed E-state index contributed by atoms with van der Waals surface area (Å²) in [5.41, 5.74) is 0.934. The molecule has 76 valence electrons. The third-order valence-corrected chi connectivity index (χ3v) is 3.04. The van der Waals surface area contributed by atoms with E-state index in [1.165, 1.54) is 25.5 Å². The molecule has 2 nitrogen and oxygen atoms in total. The van der Waals surface area contributed by atoms with Gasteiger partial charge in [-0.3, -0.25) is 4.98 Å². The molecule has 0 saturated heterocycles. The molecule has 14 heavy (non-hydrogen) atoms. The van der Waals surface area contributed by atoms with E-state index in [0.29, 0.717) is 11.1 Å². The Hall–Kier alpha value is -1.12. The molecule has 0 aromatic carbocycles. The fourth-order valence-electron chi connectivity index (χ4n) is 1.78. The topological polar surface area (TPSA) is 24.9 Å². The van der Waals surface area contributed by atoms with Gasteiger partial charge < -0.3 is 5.32 Å². The smallest absolute Gasteiger partial charge is 0.164 e. The average Bonchev–Trinajstić information content (AvgIpc) is 2.14. The first-order chi connectivity index (χ1) is 6.70. The van der Waals surface area contributed by atoms with E-state index in [-0.39, 0.29) is 5.82 Å². The zero-order valence-corrected chi connectivity index (χ0v) is 8.39. The van der Waals surface area contributed by atoms with Crippen molar-refractivity contribution < 1.29 is 4.39 Å². The minimum atomic E-state index is -0.268. The van der Waals surface area contributed by atoms with Crippen molar-refractivity contribution in [1.82, 2.24) is 4.98 Å². The van der Waals surface area contributed by atoms with Crippen molar-refractivity contribution in [2.75, 3.05) is 11.9 Å². The van der Waals surface area contributed by atoms with Crippen molar-refractivity contribution in [3.05, 3.63) is 24.3 Å². The second-order valence-corrected chi connectivity index (χ2v) is 4.37. The summed E-state index contributed by atoms with van der Waals surface area (Å²) in [6.45, 7) is 3.09. The molecule has 1 saturated carbocycles. The summed E-state index contributed by atoms with van der Waals surface area (Å²) in [7, 11) is 0. The van der Waals surface area contributed by atoms with Crippen LogP contribution in [0.3, 0.4) is 0 Å². The van der Waals surface area contributed by atoms with Gasteiger partial charge in [-0.25, -0.2) is 4.39 Å². The van der Waals surface area contributed by atoms with Gasteiger partial charge in [0.15, 0.2) is 5.82 Å². The third kappa shape index (κ3) is 1.86. The Morgan fingerprint density at radius 1 is 1.57 bits per heavy atom. The van der Waals surface area contributed by atoms with Crippen LogP contribution < -0.4 is 5.32 Å². The zero-order valence-electron chi connectivity index (χ0n) is 8.39. The molecule has 2 rings (SSSR count). The van der Waals surface area contributed by atoms with Crippen LogP contribution in [0.25, 0.3) is 0 Å². The van der Waals surface area contributed by atoms with Crippen molar-refractivity contribution in [2.24, 2.45) is 5.41 Å². The fourth-order valence-corrected chi connectivity index (χ4v) is 1.78. The van der Waals surface area contributed by atoms with Gasteiger partial charge in [0.25, 0.3) is 0 Å². The number of hydrogen-bond acceptors (Lipinski definition) is 2. The first-order valence-electron chi connectivity index (χ1n) is 5.03. The van der Waals surface area contributed by atoms with Gasteiger partial charge in [0.05, 0.1) is 11.9 Å². The van der Waals surface area contributed by atoms with Crippen LogP contribution >= 0.6 is 0 Å². The van der Waals surface area contributed by atoms with Crippen molar-refractivity contribution in [2.45, 2.75) is 26.2 Å². The summed E-state index contributed by atoms with van der Waals surface area (Å²) >= 11 is 0. The van der Waals surface area contributed by atoms with Crippen LogP contribution in [0.15, 0.2) is 18.5 Å².